The Morgan fingerprint density at radius 1 is 1.53 bits per heavy atom. The fourth-order valence-electron chi connectivity index (χ4n) is 1.10. The predicted octanol–water partition coefficient (Wildman–Crippen LogP) is 0.781. The van der Waals surface area contributed by atoms with E-state index in [-0.39, 0.29) is 5.84 Å². The van der Waals surface area contributed by atoms with Gasteiger partial charge in [-0.25, -0.2) is 0 Å². The average molecular weight is 209 g/mol. The van der Waals surface area contributed by atoms with Crippen LogP contribution in [0.25, 0.3) is 0 Å². The molecule has 0 unspecified atom stereocenters. The maximum Gasteiger partial charge on any atom is 0.148 e. The Kier molecular flexibility index (Phi) is 4.56. The molecule has 0 aliphatic carbocycles. The molecule has 0 saturated carbocycles. The van der Waals surface area contributed by atoms with Crippen molar-refractivity contribution in [2.75, 3.05) is 20.3 Å². The first kappa shape index (κ1) is 11.5. The van der Waals surface area contributed by atoms with Crippen LogP contribution < -0.4 is 10.5 Å². The van der Waals surface area contributed by atoms with E-state index in [2.05, 4.69) is 4.98 Å². The van der Waals surface area contributed by atoms with Crippen LogP contribution in [0.2, 0.25) is 0 Å². The Labute approximate surface area is 88.7 Å². The van der Waals surface area contributed by atoms with Crippen LogP contribution >= 0.6 is 0 Å². The second-order valence-corrected chi connectivity index (χ2v) is 2.98. The molecule has 3 N–H and O–H groups in total. The van der Waals surface area contributed by atoms with Gasteiger partial charge in [-0.2, -0.15) is 0 Å². The SMILES string of the molecule is COCCCOc1cnccc1C(=N)N. The minimum atomic E-state index is -0.0147. The molecule has 5 heteroatoms. The third-order valence-electron chi connectivity index (χ3n) is 1.83. The normalized spacial score (nSPS) is 9.93. The summed E-state index contributed by atoms with van der Waals surface area (Å²) in [5.74, 6) is 0.528. The third kappa shape index (κ3) is 3.55. The zero-order chi connectivity index (χ0) is 11.1. The van der Waals surface area contributed by atoms with Crippen LogP contribution in [-0.2, 0) is 4.74 Å². The first-order valence-electron chi connectivity index (χ1n) is 4.66. The summed E-state index contributed by atoms with van der Waals surface area (Å²) in [6, 6.07) is 1.66. The van der Waals surface area contributed by atoms with Gasteiger partial charge in [-0.3, -0.25) is 10.4 Å². The van der Waals surface area contributed by atoms with Crippen molar-refractivity contribution in [3.8, 4) is 5.75 Å². The number of nitrogens with one attached hydrogen (secondary N) is 1. The van der Waals surface area contributed by atoms with Gasteiger partial charge in [0.15, 0.2) is 0 Å². The number of amidine groups is 1. The number of pyridine rings is 1. The number of methoxy groups -OCH3 is 1. The molecule has 0 radical (unpaired) electrons. The van der Waals surface area contributed by atoms with Crippen LogP contribution in [0.5, 0.6) is 5.75 Å². The zero-order valence-corrected chi connectivity index (χ0v) is 8.69. The second-order valence-electron chi connectivity index (χ2n) is 2.98. The van der Waals surface area contributed by atoms with Crippen molar-refractivity contribution in [1.29, 1.82) is 5.41 Å². The van der Waals surface area contributed by atoms with E-state index in [0.717, 1.165) is 6.42 Å². The molecule has 15 heavy (non-hydrogen) atoms. The fraction of sp³-hybridized carbons (Fsp3) is 0.400. The number of nitrogens with two attached hydrogens (primary N) is 1. The minimum absolute atomic E-state index is 0.0147. The Hall–Kier alpha value is -1.62. The van der Waals surface area contributed by atoms with Crippen molar-refractivity contribution in [2.45, 2.75) is 6.42 Å². The highest BCUT2D eigenvalue weighted by Gasteiger charge is 2.05. The predicted molar refractivity (Wildman–Crippen MR) is 57.2 cm³/mol. The number of nitrogen functional groups attached to an aromatic ring is 1. The summed E-state index contributed by atoms with van der Waals surface area (Å²) in [5, 5.41) is 7.34. The quantitative estimate of drug-likeness (QED) is 0.412. The van der Waals surface area contributed by atoms with E-state index in [1.54, 1.807) is 25.6 Å². The fourth-order valence-corrected chi connectivity index (χ4v) is 1.10. The van der Waals surface area contributed by atoms with Gasteiger partial charge in [0.1, 0.15) is 11.6 Å². The van der Waals surface area contributed by atoms with Gasteiger partial charge in [-0.1, -0.05) is 0 Å². The van der Waals surface area contributed by atoms with E-state index in [1.807, 2.05) is 0 Å². The van der Waals surface area contributed by atoms with Gasteiger partial charge in [0.2, 0.25) is 0 Å². The molecule has 0 bridgehead atoms. The number of ether oxygens (including phenoxy) is 2. The molecule has 0 spiro atoms. The topological polar surface area (TPSA) is 81.2 Å². The second kappa shape index (κ2) is 5.98. The van der Waals surface area contributed by atoms with Crippen LogP contribution in [0.4, 0.5) is 0 Å². The van der Waals surface area contributed by atoms with Crippen molar-refractivity contribution < 1.29 is 9.47 Å². The van der Waals surface area contributed by atoms with E-state index in [1.165, 1.54) is 0 Å². The maximum absolute atomic E-state index is 7.34. The van der Waals surface area contributed by atoms with Gasteiger partial charge in [0.25, 0.3) is 0 Å². The molecule has 0 aliphatic rings. The molecule has 1 heterocycles. The van der Waals surface area contributed by atoms with Gasteiger partial charge in [-0.05, 0) is 6.07 Å². The molecule has 1 aromatic heterocycles. The smallest absolute Gasteiger partial charge is 0.148 e. The largest absolute Gasteiger partial charge is 0.491 e. The lowest BCUT2D eigenvalue weighted by Crippen LogP contribution is -2.14. The monoisotopic (exact) mass is 209 g/mol. The Balaban J connectivity index is 2.56. The molecule has 82 valence electrons. The summed E-state index contributed by atoms with van der Waals surface area (Å²) >= 11 is 0. The highest BCUT2D eigenvalue weighted by atomic mass is 16.5. The minimum Gasteiger partial charge on any atom is -0.491 e. The molecule has 5 nitrogen and oxygen atoms in total. The number of aromatic nitrogens is 1. The highest BCUT2D eigenvalue weighted by molar-refractivity contribution is 5.97. The van der Waals surface area contributed by atoms with Gasteiger partial charge in [0.05, 0.1) is 18.4 Å². The van der Waals surface area contributed by atoms with Gasteiger partial charge in [-0.15, -0.1) is 0 Å². The molecule has 1 aromatic rings. The summed E-state index contributed by atoms with van der Waals surface area (Å²) < 4.78 is 10.3. The summed E-state index contributed by atoms with van der Waals surface area (Å²) in [7, 11) is 1.64. The van der Waals surface area contributed by atoms with E-state index in [0.29, 0.717) is 24.5 Å². The molecular weight excluding hydrogens is 194 g/mol. The highest BCUT2D eigenvalue weighted by Crippen LogP contribution is 2.15. The van der Waals surface area contributed by atoms with E-state index in [9.17, 15) is 0 Å². The summed E-state index contributed by atoms with van der Waals surface area (Å²) in [5.41, 5.74) is 5.97. The van der Waals surface area contributed by atoms with E-state index in [4.69, 9.17) is 20.6 Å². The lowest BCUT2D eigenvalue weighted by atomic mass is 10.2. The number of hydrogen-bond donors (Lipinski definition) is 2. The first-order chi connectivity index (χ1) is 7.25. The van der Waals surface area contributed by atoms with Crippen LogP contribution in [0.3, 0.4) is 0 Å². The van der Waals surface area contributed by atoms with Crippen LogP contribution in [0.1, 0.15) is 12.0 Å². The summed E-state index contributed by atoms with van der Waals surface area (Å²) in [6.07, 6.45) is 3.94. The Bertz CT molecular complexity index is 328. The molecule has 0 amide bonds. The standard InChI is InChI=1S/C10H15N3O2/c1-14-5-2-6-15-9-7-13-4-3-8(9)10(11)12/h3-4,7H,2,5-6H2,1H3,(H3,11,12). The zero-order valence-electron chi connectivity index (χ0n) is 8.69. The van der Waals surface area contributed by atoms with E-state index >= 15 is 0 Å². The number of hydrogen-bond acceptors (Lipinski definition) is 4. The van der Waals surface area contributed by atoms with Crippen molar-refractivity contribution in [1.82, 2.24) is 4.98 Å². The van der Waals surface area contributed by atoms with Crippen LogP contribution in [-0.4, -0.2) is 31.1 Å². The molecule has 0 atom stereocenters. The first-order valence-corrected chi connectivity index (χ1v) is 4.66. The lowest BCUT2D eigenvalue weighted by Gasteiger charge is -2.09. The number of nitrogens with zero attached hydrogens (tertiary/aromatic N) is 1. The molecule has 0 saturated heterocycles. The van der Waals surface area contributed by atoms with Gasteiger partial charge in [0, 0.05) is 26.3 Å². The molecule has 0 aliphatic heterocycles. The summed E-state index contributed by atoms with van der Waals surface area (Å²) in [6.45, 7) is 1.18. The molecule has 0 aromatic carbocycles. The van der Waals surface area contributed by atoms with Gasteiger partial charge < -0.3 is 15.2 Å². The number of rotatable bonds is 6. The maximum atomic E-state index is 7.34. The van der Waals surface area contributed by atoms with Crippen molar-refractivity contribution in [2.24, 2.45) is 5.73 Å². The average Bonchev–Trinajstić information content (AvgIpc) is 2.25. The molecule has 1 rings (SSSR count). The van der Waals surface area contributed by atoms with Gasteiger partial charge >= 0.3 is 0 Å². The van der Waals surface area contributed by atoms with E-state index < -0.39 is 0 Å². The molecular formula is C10H15N3O2. The van der Waals surface area contributed by atoms with Crippen molar-refractivity contribution in [3.63, 3.8) is 0 Å². The Morgan fingerprint density at radius 3 is 3.00 bits per heavy atom. The van der Waals surface area contributed by atoms with Crippen molar-refractivity contribution >= 4 is 5.84 Å². The van der Waals surface area contributed by atoms with Crippen molar-refractivity contribution in [3.05, 3.63) is 24.0 Å². The Morgan fingerprint density at radius 2 is 2.33 bits per heavy atom. The molecule has 0 fully saturated rings. The lowest BCUT2D eigenvalue weighted by molar-refractivity contribution is 0.172. The summed E-state index contributed by atoms with van der Waals surface area (Å²) in [4.78, 5) is 3.92. The third-order valence-corrected chi connectivity index (χ3v) is 1.83. The van der Waals surface area contributed by atoms with Crippen LogP contribution in [0, 0.1) is 5.41 Å². The van der Waals surface area contributed by atoms with Crippen LogP contribution in [0.15, 0.2) is 18.5 Å².